The van der Waals surface area contributed by atoms with E-state index in [0.717, 1.165) is 10.5 Å². The van der Waals surface area contributed by atoms with Crippen molar-refractivity contribution in [1.82, 2.24) is 0 Å². The minimum absolute atomic E-state index is 0.000123. The first-order chi connectivity index (χ1) is 6.69. The Morgan fingerprint density at radius 3 is 2.86 bits per heavy atom. The maximum atomic E-state index is 11.2. The van der Waals surface area contributed by atoms with Crippen LogP contribution in [0.5, 0.6) is 0 Å². The van der Waals surface area contributed by atoms with E-state index in [9.17, 15) is 4.79 Å². The molecular weight excluding hydrogens is 218 g/mol. The summed E-state index contributed by atoms with van der Waals surface area (Å²) < 4.78 is 0. The van der Waals surface area contributed by atoms with Crippen molar-refractivity contribution in [2.75, 3.05) is 17.9 Å². The summed E-state index contributed by atoms with van der Waals surface area (Å²) in [5, 5.41) is 0. The molecule has 1 aromatic carbocycles. The molecular formula is C10H12ClNOS. The molecule has 2 N–H and O–H groups in total. The molecule has 0 amide bonds. The summed E-state index contributed by atoms with van der Waals surface area (Å²) in [6, 6.07) is 5.64. The Morgan fingerprint density at radius 2 is 2.29 bits per heavy atom. The SMILES string of the molecule is CSc1cccc(N)c1CC(=O)CCl. The highest BCUT2D eigenvalue weighted by Gasteiger charge is 2.09. The number of benzene rings is 1. The van der Waals surface area contributed by atoms with Gasteiger partial charge in [0.2, 0.25) is 0 Å². The Labute approximate surface area is 92.8 Å². The first kappa shape index (κ1) is 11.4. The Balaban J connectivity index is 2.98. The first-order valence-electron chi connectivity index (χ1n) is 4.18. The van der Waals surface area contributed by atoms with Gasteiger partial charge in [0.05, 0.1) is 5.88 Å². The number of thioether (sulfide) groups is 1. The number of hydrogen-bond donors (Lipinski definition) is 1. The van der Waals surface area contributed by atoms with Crippen LogP contribution in [0.1, 0.15) is 5.56 Å². The second-order valence-corrected chi connectivity index (χ2v) is 3.99. The van der Waals surface area contributed by atoms with Gasteiger partial charge < -0.3 is 5.73 Å². The zero-order valence-electron chi connectivity index (χ0n) is 7.92. The number of anilines is 1. The lowest BCUT2D eigenvalue weighted by Gasteiger charge is -2.08. The number of carbonyl (C=O) groups excluding carboxylic acids is 1. The quantitative estimate of drug-likeness (QED) is 0.490. The van der Waals surface area contributed by atoms with Crippen LogP contribution in [0.3, 0.4) is 0 Å². The molecule has 0 spiro atoms. The zero-order chi connectivity index (χ0) is 10.6. The van der Waals surface area contributed by atoms with Crippen molar-refractivity contribution in [1.29, 1.82) is 0 Å². The number of rotatable bonds is 4. The largest absolute Gasteiger partial charge is 0.398 e. The Hall–Kier alpha value is -0.670. The predicted molar refractivity (Wildman–Crippen MR) is 62.1 cm³/mol. The zero-order valence-corrected chi connectivity index (χ0v) is 9.49. The van der Waals surface area contributed by atoms with E-state index in [-0.39, 0.29) is 11.7 Å². The third-order valence-electron chi connectivity index (χ3n) is 1.91. The van der Waals surface area contributed by atoms with Crippen molar-refractivity contribution in [2.24, 2.45) is 0 Å². The van der Waals surface area contributed by atoms with Gasteiger partial charge in [0.25, 0.3) is 0 Å². The third-order valence-corrected chi connectivity index (χ3v) is 3.03. The van der Waals surface area contributed by atoms with Crippen LogP contribution < -0.4 is 5.73 Å². The lowest BCUT2D eigenvalue weighted by Crippen LogP contribution is -2.07. The van der Waals surface area contributed by atoms with E-state index in [2.05, 4.69) is 0 Å². The fourth-order valence-electron chi connectivity index (χ4n) is 1.21. The number of Topliss-reactive ketones (excluding diaryl/α,β-unsaturated/α-hetero) is 1. The summed E-state index contributed by atoms with van der Waals surface area (Å²) in [6.07, 6.45) is 2.29. The smallest absolute Gasteiger partial charge is 0.152 e. The fourth-order valence-corrected chi connectivity index (χ4v) is 1.95. The summed E-state index contributed by atoms with van der Waals surface area (Å²) >= 11 is 7.04. The molecule has 0 atom stereocenters. The molecule has 0 radical (unpaired) electrons. The molecule has 0 heterocycles. The van der Waals surface area contributed by atoms with Gasteiger partial charge in [-0.3, -0.25) is 4.79 Å². The minimum Gasteiger partial charge on any atom is -0.398 e. The van der Waals surface area contributed by atoms with E-state index < -0.39 is 0 Å². The molecule has 1 rings (SSSR count). The monoisotopic (exact) mass is 229 g/mol. The Morgan fingerprint density at radius 1 is 1.57 bits per heavy atom. The predicted octanol–water partition coefficient (Wildman–Crippen LogP) is 2.34. The molecule has 0 unspecified atom stereocenters. The van der Waals surface area contributed by atoms with Crippen molar-refractivity contribution in [3.05, 3.63) is 23.8 Å². The standard InChI is InChI=1S/C10H12ClNOS/c1-14-10-4-2-3-9(12)8(10)5-7(13)6-11/h2-4H,5-6,12H2,1H3. The summed E-state index contributed by atoms with van der Waals surface area (Å²) in [6.45, 7) is 0. The molecule has 0 aliphatic heterocycles. The highest BCUT2D eigenvalue weighted by Crippen LogP contribution is 2.25. The van der Waals surface area contributed by atoms with Crippen molar-refractivity contribution in [3.8, 4) is 0 Å². The normalized spacial score (nSPS) is 10.1. The molecule has 4 heteroatoms. The van der Waals surface area contributed by atoms with E-state index in [0.29, 0.717) is 12.1 Å². The molecule has 76 valence electrons. The number of nitrogens with two attached hydrogens (primary N) is 1. The maximum absolute atomic E-state index is 11.2. The number of carbonyl (C=O) groups is 1. The van der Waals surface area contributed by atoms with Crippen molar-refractivity contribution in [2.45, 2.75) is 11.3 Å². The van der Waals surface area contributed by atoms with Gasteiger partial charge in [-0.1, -0.05) is 6.07 Å². The number of alkyl halides is 1. The van der Waals surface area contributed by atoms with Crippen LogP contribution in [0.2, 0.25) is 0 Å². The summed E-state index contributed by atoms with van der Waals surface area (Å²) in [5.74, 6) is 0.0437. The van der Waals surface area contributed by atoms with Crippen LogP contribution in [-0.4, -0.2) is 17.9 Å². The third kappa shape index (κ3) is 2.66. The molecule has 0 saturated carbocycles. The van der Waals surface area contributed by atoms with Crippen LogP contribution in [0, 0.1) is 0 Å². The van der Waals surface area contributed by atoms with Crippen molar-refractivity contribution >= 4 is 34.8 Å². The second kappa shape index (κ2) is 5.27. The molecule has 0 bridgehead atoms. The van der Waals surface area contributed by atoms with E-state index in [1.54, 1.807) is 17.8 Å². The van der Waals surface area contributed by atoms with E-state index >= 15 is 0 Å². The molecule has 0 fully saturated rings. The van der Waals surface area contributed by atoms with Crippen LogP contribution in [0.4, 0.5) is 5.69 Å². The highest BCUT2D eigenvalue weighted by molar-refractivity contribution is 7.98. The van der Waals surface area contributed by atoms with Gasteiger partial charge in [-0.05, 0) is 24.0 Å². The molecule has 14 heavy (non-hydrogen) atoms. The first-order valence-corrected chi connectivity index (χ1v) is 5.94. The number of halogens is 1. The van der Waals surface area contributed by atoms with Crippen molar-refractivity contribution < 1.29 is 4.79 Å². The average Bonchev–Trinajstić information content (AvgIpc) is 2.20. The average molecular weight is 230 g/mol. The number of nitrogen functional groups attached to an aromatic ring is 1. The molecule has 0 saturated heterocycles. The van der Waals surface area contributed by atoms with Gasteiger partial charge >= 0.3 is 0 Å². The molecule has 2 nitrogen and oxygen atoms in total. The van der Waals surface area contributed by atoms with Crippen LogP contribution >= 0.6 is 23.4 Å². The molecule has 0 aliphatic rings. The highest BCUT2D eigenvalue weighted by atomic mass is 35.5. The van der Waals surface area contributed by atoms with Gasteiger partial charge in [-0.25, -0.2) is 0 Å². The van der Waals surface area contributed by atoms with Gasteiger partial charge in [0.15, 0.2) is 5.78 Å². The van der Waals surface area contributed by atoms with E-state index in [1.165, 1.54) is 0 Å². The summed E-state index contributed by atoms with van der Waals surface area (Å²) in [5.41, 5.74) is 7.35. The van der Waals surface area contributed by atoms with E-state index in [4.69, 9.17) is 17.3 Å². The van der Waals surface area contributed by atoms with Crippen LogP contribution in [-0.2, 0) is 11.2 Å². The van der Waals surface area contributed by atoms with Gasteiger partial charge in [0.1, 0.15) is 0 Å². The number of hydrogen-bond acceptors (Lipinski definition) is 3. The van der Waals surface area contributed by atoms with Crippen LogP contribution in [0.25, 0.3) is 0 Å². The van der Waals surface area contributed by atoms with Crippen molar-refractivity contribution in [3.63, 3.8) is 0 Å². The van der Waals surface area contributed by atoms with Gasteiger partial charge in [0, 0.05) is 17.0 Å². The van der Waals surface area contributed by atoms with E-state index in [1.807, 2.05) is 18.4 Å². The minimum atomic E-state index is -0.000123. The van der Waals surface area contributed by atoms with Gasteiger partial charge in [-0.2, -0.15) is 0 Å². The maximum Gasteiger partial charge on any atom is 0.152 e. The Kier molecular flexibility index (Phi) is 4.29. The van der Waals surface area contributed by atoms with Gasteiger partial charge in [-0.15, -0.1) is 23.4 Å². The summed E-state index contributed by atoms with van der Waals surface area (Å²) in [7, 11) is 0. The molecule has 1 aromatic rings. The molecule has 0 aliphatic carbocycles. The fraction of sp³-hybridized carbons (Fsp3) is 0.300. The lowest BCUT2D eigenvalue weighted by molar-refractivity contribution is -0.116. The Bertz CT molecular complexity index is 341. The topological polar surface area (TPSA) is 43.1 Å². The summed E-state index contributed by atoms with van der Waals surface area (Å²) in [4.78, 5) is 12.2. The second-order valence-electron chi connectivity index (χ2n) is 2.88. The lowest BCUT2D eigenvalue weighted by atomic mass is 10.1. The van der Waals surface area contributed by atoms with Crippen LogP contribution in [0.15, 0.2) is 23.1 Å². The molecule has 0 aromatic heterocycles. The number of ketones is 1.